The van der Waals surface area contributed by atoms with Gasteiger partial charge in [-0.1, -0.05) is 12.1 Å². The molecule has 0 saturated carbocycles. The molecule has 1 saturated heterocycles. The highest BCUT2D eigenvalue weighted by Gasteiger charge is 2.83. The molecule has 0 bridgehead atoms. The molecule has 26 heavy (non-hydrogen) atoms. The van der Waals surface area contributed by atoms with Gasteiger partial charge in [0, 0.05) is 39.5 Å². The number of pyridine rings is 2. The second-order valence-corrected chi connectivity index (χ2v) is 7.73. The first-order chi connectivity index (χ1) is 12.8. The topological polar surface area (TPSA) is 35.2 Å². The van der Waals surface area contributed by atoms with Crippen molar-refractivity contribution in [1.29, 1.82) is 0 Å². The van der Waals surface area contributed by atoms with Crippen LogP contribution in [0.5, 0.6) is 0 Å². The predicted octanol–water partition coefficient (Wildman–Crippen LogP) is 3.91. The van der Waals surface area contributed by atoms with Crippen LogP contribution in [0.3, 0.4) is 0 Å². The second-order valence-electron chi connectivity index (χ2n) is 6.73. The van der Waals surface area contributed by atoms with Crippen LogP contribution in [-0.2, 0) is 9.68 Å². The Kier molecular flexibility index (Phi) is 2.76. The number of rotatable bonds is 2. The van der Waals surface area contributed by atoms with E-state index in [2.05, 4.69) is 52.1 Å². The molecule has 1 aromatic carbocycles. The first-order valence-electron chi connectivity index (χ1n) is 8.60. The minimum atomic E-state index is 0.110. The van der Waals surface area contributed by atoms with Gasteiger partial charge in [0.05, 0.1) is 24.5 Å². The molecule has 2 atom stereocenters. The standard InChI is InChI=1S/C20H17N3O2S/c1-24-23(25-2)17-14-9-8-12-13-6-5-10-21-19(13)26-18(12)16(14)15-7-3-4-11-22(15)20(17)23/h3-11,17,20H,1-2H3/q+2. The third-order valence-corrected chi connectivity index (χ3v) is 6.87. The van der Waals surface area contributed by atoms with Crippen LogP contribution in [0, 0.1) is 0 Å². The number of hydrogen-bond acceptors (Lipinski definition) is 4. The molecule has 128 valence electrons. The van der Waals surface area contributed by atoms with Crippen molar-refractivity contribution in [2.45, 2.75) is 12.2 Å². The SMILES string of the molecule is CO[N+]1(OC)C2c3ccc4c(sc5ncccc54)c3-c3cccc[n+]3C21. The van der Waals surface area contributed by atoms with Crippen molar-refractivity contribution in [3.05, 3.63) is 60.4 Å². The molecule has 5 heterocycles. The minimum absolute atomic E-state index is 0.110. The Morgan fingerprint density at radius 1 is 1.04 bits per heavy atom. The fourth-order valence-electron chi connectivity index (χ4n) is 4.58. The molecule has 0 amide bonds. The summed E-state index contributed by atoms with van der Waals surface area (Å²) in [6, 6.07) is 15.1. The van der Waals surface area contributed by atoms with Gasteiger partial charge in [-0.3, -0.25) is 0 Å². The average molecular weight is 363 g/mol. The summed E-state index contributed by atoms with van der Waals surface area (Å²) < 4.78 is 3.57. The molecule has 0 spiro atoms. The van der Waals surface area contributed by atoms with E-state index in [4.69, 9.17) is 9.68 Å². The van der Waals surface area contributed by atoms with E-state index in [9.17, 15) is 0 Å². The molecular formula is C20H17N3O2S+2. The zero-order chi connectivity index (χ0) is 17.5. The largest absolute Gasteiger partial charge is 0.409 e. The number of aromatic nitrogens is 2. The van der Waals surface area contributed by atoms with Gasteiger partial charge in [0.2, 0.25) is 5.69 Å². The van der Waals surface area contributed by atoms with E-state index in [1.54, 1.807) is 25.6 Å². The lowest BCUT2D eigenvalue weighted by Crippen LogP contribution is -2.42. The second kappa shape index (κ2) is 4.86. The third kappa shape index (κ3) is 1.57. The average Bonchev–Trinajstić information content (AvgIpc) is 3.24. The van der Waals surface area contributed by atoms with E-state index in [0.717, 1.165) is 4.83 Å². The number of benzene rings is 1. The molecule has 2 aliphatic heterocycles. The molecule has 0 N–H and O–H groups in total. The first kappa shape index (κ1) is 14.8. The predicted molar refractivity (Wildman–Crippen MR) is 98.8 cm³/mol. The lowest BCUT2D eigenvalue weighted by Gasteiger charge is -2.09. The van der Waals surface area contributed by atoms with Gasteiger partial charge in [-0.15, -0.1) is 15.9 Å². The summed E-state index contributed by atoms with van der Waals surface area (Å²) >= 11 is 1.76. The van der Waals surface area contributed by atoms with Crippen LogP contribution < -0.4 is 4.57 Å². The Bertz CT molecular complexity index is 1200. The summed E-state index contributed by atoms with van der Waals surface area (Å²) in [6.45, 7) is 0. The van der Waals surface area contributed by atoms with Crippen molar-refractivity contribution in [1.82, 2.24) is 4.98 Å². The molecule has 6 heteroatoms. The molecule has 2 unspecified atom stereocenters. The van der Waals surface area contributed by atoms with Crippen LogP contribution in [0.25, 0.3) is 31.6 Å². The summed E-state index contributed by atoms with van der Waals surface area (Å²) in [5.41, 5.74) is 3.76. The van der Waals surface area contributed by atoms with E-state index in [1.165, 1.54) is 32.3 Å². The van der Waals surface area contributed by atoms with E-state index >= 15 is 0 Å². The van der Waals surface area contributed by atoms with Crippen molar-refractivity contribution in [3.8, 4) is 11.3 Å². The van der Waals surface area contributed by atoms with E-state index < -0.39 is 0 Å². The van der Waals surface area contributed by atoms with Gasteiger partial charge in [0.1, 0.15) is 4.83 Å². The van der Waals surface area contributed by atoms with Crippen molar-refractivity contribution >= 4 is 31.6 Å². The highest BCUT2D eigenvalue weighted by Crippen LogP contribution is 2.62. The summed E-state index contributed by atoms with van der Waals surface area (Å²) in [5.74, 6) is 0. The van der Waals surface area contributed by atoms with Gasteiger partial charge in [0.25, 0.3) is 0 Å². The van der Waals surface area contributed by atoms with Gasteiger partial charge in [0.15, 0.2) is 6.20 Å². The van der Waals surface area contributed by atoms with E-state index in [1.807, 2.05) is 12.3 Å². The van der Waals surface area contributed by atoms with Crippen LogP contribution in [0.2, 0.25) is 0 Å². The Hall–Kier alpha value is -2.38. The molecule has 2 aliphatic rings. The van der Waals surface area contributed by atoms with Gasteiger partial charge in [-0.2, -0.15) is 9.68 Å². The molecule has 5 nitrogen and oxygen atoms in total. The maximum Gasteiger partial charge on any atom is 0.409 e. The van der Waals surface area contributed by atoms with Gasteiger partial charge < -0.3 is 0 Å². The Balaban J connectivity index is 1.75. The molecule has 0 aliphatic carbocycles. The van der Waals surface area contributed by atoms with Crippen LogP contribution in [0.4, 0.5) is 0 Å². The van der Waals surface area contributed by atoms with Crippen molar-refractivity contribution in [2.24, 2.45) is 0 Å². The van der Waals surface area contributed by atoms with Crippen molar-refractivity contribution < 1.29 is 19.1 Å². The molecular weight excluding hydrogens is 346 g/mol. The first-order valence-corrected chi connectivity index (χ1v) is 9.42. The summed E-state index contributed by atoms with van der Waals surface area (Å²) in [5, 5.41) is 2.48. The molecule has 6 rings (SSSR count). The lowest BCUT2D eigenvalue weighted by molar-refractivity contribution is -1.21. The van der Waals surface area contributed by atoms with Crippen LogP contribution >= 0.6 is 11.3 Å². The Morgan fingerprint density at radius 3 is 2.77 bits per heavy atom. The highest BCUT2D eigenvalue weighted by molar-refractivity contribution is 7.26. The fraction of sp³-hybridized carbons (Fsp3) is 0.200. The molecule has 4 aromatic rings. The number of hydrogen-bond donors (Lipinski definition) is 0. The zero-order valence-electron chi connectivity index (χ0n) is 14.4. The highest BCUT2D eigenvalue weighted by atomic mass is 32.1. The van der Waals surface area contributed by atoms with Crippen molar-refractivity contribution in [2.75, 3.05) is 14.2 Å². The third-order valence-electron chi connectivity index (χ3n) is 5.72. The number of quaternary nitrogens is 1. The monoisotopic (exact) mass is 363 g/mol. The number of hydroxylamine groups is 4. The van der Waals surface area contributed by atoms with Gasteiger partial charge in [-0.05, 0) is 18.2 Å². The summed E-state index contributed by atoms with van der Waals surface area (Å²) in [4.78, 5) is 17.5. The quantitative estimate of drug-likeness (QED) is 0.308. The maximum atomic E-state index is 5.82. The molecule has 3 aromatic heterocycles. The summed E-state index contributed by atoms with van der Waals surface area (Å²) in [6.07, 6.45) is 4.10. The Labute approximate surface area is 154 Å². The van der Waals surface area contributed by atoms with Crippen LogP contribution in [-0.4, -0.2) is 24.0 Å². The van der Waals surface area contributed by atoms with Gasteiger partial charge >= 0.3 is 12.2 Å². The lowest BCUT2D eigenvalue weighted by atomic mass is 9.95. The number of nitrogens with zero attached hydrogens (tertiary/aromatic N) is 3. The number of thiophene rings is 1. The smallest absolute Gasteiger partial charge is 0.245 e. The minimum Gasteiger partial charge on any atom is -0.245 e. The van der Waals surface area contributed by atoms with Gasteiger partial charge in [-0.25, -0.2) is 4.98 Å². The van der Waals surface area contributed by atoms with E-state index in [0.29, 0.717) is 0 Å². The van der Waals surface area contributed by atoms with Crippen LogP contribution in [0.1, 0.15) is 17.8 Å². The molecule has 0 radical (unpaired) electrons. The summed E-state index contributed by atoms with van der Waals surface area (Å²) in [7, 11) is 3.43. The van der Waals surface area contributed by atoms with E-state index in [-0.39, 0.29) is 17.0 Å². The maximum absolute atomic E-state index is 5.82. The normalized spacial score (nSPS) is 22.1. The fourth-order valence-corrected chi connectivity index (χ4v) is 5.79. The number of fused-ring (bicyclic) bond motifs is 10. The van der Waals surface area contributed by atoms with Crippen LogP contribution in [0.15, 0.2) is 54.9 Å². The Morgan fingerprint density at radius 2 is 1.92 bits per heavy atom. The van der Waals surface area contributed by atoms with Crippen molar-refractivity contribution in [3.63, 3.8) is 0 Å². The molecule has 1 fully saturated rings. The zero-order valence-corrected chi connectivity index (χ0v) is 15.2.